The van der Waals surface area contributed by atoms with Crippen molar-refractivity contribution < 1.29 is 0 Å². The molecule has 0 saturated carbocycles. The van der Waals surface area contributed by atoms with Gasteiger partial charge in [-0.2, -0.15) is 0 Å². The minimum atomic E-state index is 0.510. The number of piperidine rings is 2. The molecule has 2 fully saturated rings. The molecule has 0 aliphatic carbocycles. The molecule has 3 rings (SSSR count). The van der Waals surface area contributed by atoms with Crippen molar-refractivity contribution in [2.45, 2.75) is 25.3 Å². The second-order valence-electron chi connectivity index (χ2n) is 5.49. The van der Waals surface area contributed by atoms with Crippen LogP contribution < -0.4 is 10.6 Å². The molecule has 5 nitrogen and oxygen atoms in total. The van der Waals surface area contributed by atoms with Crippen molar-refractivity contribution in [3.8, 4) is 0 Å². The average molecular weight is 247 g/mol. The van der Waals surface area contributed by atoms with Crippen LogP contribution in [-0.2, 0) is 0 Å². The van der Waals surface area contributed by atoms with E-state index in [1.54, 1.807) is 6.20 Å². The Kier molecular flexibility index (Phi) is 3.07. The third-order valence-corrected chi connectivity index (χ3v) is 4.31. The van der Waals surface area contributed by atoms with Gasteiger partial charge < -0.3 is 15.5 Å². The Morgan fingerprint density at radius 2 is 2.17 bits per heavy atom. The molecule has 1 aromatic heterocycles. The van der Waals surface area contributed by atoms with E-state index >= 15 is 0 Å². The normalized spacial score (nSPS) is 29.1. The zero-order chi connectivity index (χ0) is 12.5. The van der Waals surface area contributed by atoms with Gasteiger partial charge in [0, 0.05) is 19.1 Å². The molecule has 18 heavy (non-hydrogen) atoms. The van der Waals surface area contributed by atoms with E-state index in [0.29, 0.717) is 5.82 Å². The molecule has 0 radical (unpaired) electrons. The number of likely N-dealkylation sites (tertiary alicyclic amines) is 1. The highest BCUT2D eigenvalue weighted by atomic mass is 15.2. The maximum Gasteiger partial charge on any atom is 0.149 e. The summed E-state index contributed by atoms with van der Waals surface area (Å²) < 4.78 is 0. The second kappa shape index (κ2) is 4.72. The summed E-state index contributed by atoms with van der Waals surface area (Å²) in [6, 6.07) is 0.754. The predicted molar refractivity (Wildman–Crippen MR) is 72.4 cm³/mol. The van der Waals surface area contributed by atoms with Crippen LogP contribution >= 0.6 is 0 Å². The van der Waals surface area contributed by atoms with Crippen LogP contribution in [0.2, 0.25) is 0 Å². The Balaban J connectivity index is 1.74. The zero-order valence-corrected chi connectivity index (χ0v) is 10.9. The molecule has 2 unspecified atom stereocenters. The van der Waals surface area contributed by atoms with Crippen LogP contribution in [0.5, 0.6) is 0 Å². The molecule has 0 amide bonds. The van der Waals surface area contributed by atoms with Crippen LogP contribution in [0.25, 0.3) is 0 Å². The topological polar surface area (TPSA) is 58.3 Å². The van der Waals surface area contributed by atoms with E-state index in [1.807, 2.05) is 6.20 Å². The van der Waals surface area contributed by atoms with E-state index in [4.69, 9.17) is 5.73 Å². The third kappa shape index (κ3) is 2.14. The van der Waals surface area contributed by atoms with E-state index in [1.165, 1.54) is 25.8 Å². The lowest BCUT2D eigenvalue weighted by atomic mass is 9.84. The molecule has 2 aliphatic heterocycles. The summed E-state index contributed by atoms with van der Waals surface area (Å²) in [7, 11) is 2.26. The molecular weight excluding hydrogens is 226 g/mol. The molecular formula is C13H21N5. The van der Waals surface area contributed by atoms with Gasteiger partial charge in [0.05, 0.1) is 12.4 Å². The van der Waals surface area contributed by atoms with Crippen molar-refractivity contribution in [2.24, 2.45) is 5.92 Å². The number of anilines is 2. The fourth-order valence-electron chi connectivity index (χ4n) is 3.38. The summed E-state index contributed by atoms with van der Waals surface area (Å²) in [5, 5.41) is 0. The van der Waals surface area contributed by atoms with Gasteiger partial charge in [0.2, 0.25) is 0 Å². The molecule has 98 valence electrons. The first-order chi connectivity index (χ1) is 8.74. The van der Waals surface area contributed by atoms with Gasteiger partial charge in [0.25, 0.3) is 0 Å². The highest BCUT2D eigenvalue weighted by molar-refractivity contribution is 5.42. The quantitative estimate of drug-likeness (QED) is 0.801. The summed E-state index contributed by atoms with van der Waals surface area (Å²) in [5.41, 5.74) is 5.71. The van der Waals surface area contributed by atoms with Gasteiger partial charge in [-0.15, -0.1) is 0 Å². The SMILES string of the molecule is CN1CCCC2CN(c3cncc(N)n3)CCC21. The number of fused-ring (bicyclic) bond motifs is 1. The largest absolute Gasteiger partial charge is 0.382 e. The fraction of sp³-hybridized carbons (Fsp3) is 0.692. The molecule has 2 atom stereocenters. The van der Waals surface area contributed by atoms with Crippen LogP contribution in [0.4, 0.5) is 11.6 Å². The van der Waals surface area contributed by atoms with Gasteiger partial charge in [-0.25, -0.2) is 4.98 Å². The van der Waals surface area contributed by atoms with Crippen LogP contribution in [0.3, 0.4) is 0 Å². The molecule has 0 aromatic carbocycles. The highest BCUT2D eigenvalue weighted by Crippen LogP contribution is 2.31. The van der Waals surface area contributed by atoms with E-state index in [9.17, 15) is 0 Å². The lowest BCUT2D eigenvalue weighted by Crippen LogP contribution is -2.52. The number of hydrogen-bond acceptors (Lipinski definition) is 5. The van der Waals surface area contributed by atoms with Crippen molar-refractivity contribution in [1.29, 1.82) is 0 Å². The van der Waals surface area contributed by atoms with Crippen LogP contribution in [0.15, 0.2) is 12.4 Å². The number of nitrogen functional groups attached to an aromatic ring is 1. The van der Waals surface area contributed by atoms with Crippen molar-refractivity contribution in [3.05, 3.63) is 12.4 Å². The Hall–Kier alpha value is -1.36. The first-order valence-electron chi connectivity index (χ1n) is 6.77. The lowest BCUT2D eigenvalue weighted by molar-refractivity contribution is 0.102. The molecule has 0 spiro atoms. The standard InChI is InChI=1S/C13H21N5/c1-17-5-2-3-10-9-18(6-4-11(10)17)13-8-15-7-12(14)16-13/h7-8,10-11H,2-6,9H2,1H3,(H2,14,16). The van der Waals surface area contributed by atoms with Gasteiger partial charge >= 0.3 is 0 Å². The second-order valence-corrected chi connectivity index (χ2v) is 5.49. The van der Waals surface area contributed by atoms with Crippen molar-refractivity contribution >= 4 is 11.6 Å². The molecule has 5 heteroatoms. The first kappa shape index (κ1) is 11.7. The fourth-order valence-corrected chi connectivity index (χ4v) is 3.38. The summed E-state index contributed by atoms with van der Waals surface area (Å²) >= 11 is 0. The van der Waals surface area contributed by atoms with Gasteiger partial charge in [-0.1, -0.05) is 0 Å². The maximum atomic E-state index is 5.71. The van der Waals surface area contributed by atoms with E-state index < -0.39 is 0 Å². The van der Waals surface area contributed by atoms with E-state index in [0.717, 1.165) is 30.9 Å². The summed E-state index contributed by atoms with van der Waals surface area (Å²) in [6.45, 7) is 3.40. The van der Waals surface area contributed by atoms with Crippen molar-refractivity contribution in [3.63, 3.8) is 0 Å². The Morgan fingerprint density at radius 1 is 1.28 bits per heavy atom. The number of aromatic nitrogens is 2. The summed E-state index contributed by atoms with van der Waals surface area (Å²) in [6.07, 6.45) is 7.29. The molecule has 3 heterocycles. The van der Waals surface area contributed by atoms with Crippen LogP contribution in [0, 0.1) is 5.92 Å². The Bertz CT molecular complexity index is 422. The van der Waals surface area contributed by atoms with E-state index in [2.05, 4.69) is 26.8 Å². The van der Waals surface area contributed by atoms with Crippen LogP contribution in [0.1, 0.15) is 19.3 Å². The molecule has 0 bridgehead atoms. The number of nitrogens with zero attached hydrogens (tertiary/aromatic N) is 4. The predicted octanol–water partition coefficient (Wildman–Crippen LogP) is 0.979. The van der Waals surface area contributed by atoms with E-state index in [-0.39, 0.29) is 0 Å². The maximum absolute atomic E-state index is 5.71. The summed E-state index contributed by atoms with van der Waals surface area (Å²) in [5.74, 6) is 2.21. The minimum absolute atomic E-state index is 0.510. The first-order valence-corrected chi connectivity index (χ1v) is 6.77. The van der Waals surface area contributed by atoms with Crippen LogP contribution in [-0.4, -0.2) is 47.6 Å². The van der Waals surface area contributed by atoms with Gasteiger partial charge in [-0.3, -0.25) is 4.98 Å². The smallest absolute Gasteiger partial charge is 0.149 e. The third-order valence-electron chi connectivity index (χ3n) is 4.31. The highest BCUT2D eigenvalue weighted by Gasteiger charge is 2.34. The van der Waals surface area contributed by atoms with Crippen molar-refractivity contribution in [2.75, 3.05) is 37.3 Å². The van der Waals surface area contributed by atoms with Crippen molar-refractivity contribution in [1.82, 2.24) is 14.9 Å². The average Bonchev–Trinajstić information content (AvgIpc) is 2.39. The van der Waals surface area contributed by atoms with Gasteiger partial charge in [-0.05, 0) is 38.8 Å². The number of nitrogens with two attached hydrogens (primary N) is 1. The Labute approximate surface area is 108 Å². The number of hydrogen-bond donors (Lipinski definition) is 1. The molecule has 2 aliphatic rings. The zero-order valence-electron chi connectivity index (χ0n) is 10.9. The summed E-state index contributed by atoms with van der Waals surface area (Å²) in [4.78, 5) is 13.4. The number of rotatable bonds is 1. The minimum Gasteiger partial charge on any atom is -0.382 e. The molecule has 1 aromatic rings. The molecule has 2 N–H and O–H groups in total. The Morgan fingerprint density at radius 3 is 3.00 bits per heavy atom. The van der Waals surface area contributed by atoms with Gasteiger partial charge in [0.1, 0.15) is 11.6 Å². The monoisotopic (exact) mass is 247 g/mol. The lowest BCUT2D eigenvalue weighted by Gasteiger charge is -2.46. The molecule has 2 saturated heterocycles. The van der Waals surface area contributed by atoms with Gasteiger partial charge in [0.15, 0.2) is 0 Å².